The first-order valence-corrected chi connectivity index (χ1v) is 6.46. The van der Waals surface area contributed by atoms with Crippen molar-refractivity contribution in [2.24, 2.45) is 5.73 Å². The highest BCUT2D eigenvalue weighted by Crippen LogP contribution is 2.24. The molecule has 0 radical (unpaired) electrons. The summed E-state index contributed by atoms with van der Waals surface area (Å²) in [5.74, 6) is 0.919. The number of aromatic nitrogens is 2. The maximum absolute atomic E-state index is 5.87. The van der Waals surface area contributed by atoms with Gasteiger partial charge in [0.1, 0.15) is 0 Å². The predicted octanol–water partition coefficient (Wildman–Crippen LogP) is 1.17. The van der Waals surface area contributed by atoms with Gasteiger partial charge in [-0.25, -0.2) is 0 Å². The van der Waals surface area contributed by atoms with Crippen molar-refractivity contribution >= 4 is 5.82 Å². The Labute approximate surface area is 108 Å². The molecule has 5 nitrogen and oxygen atoms in total. The van der Waals surface area contributed by atoms with Crippen molar-refractivity contribution in [1.29, 1.82) is 0 Å². The number of nitrogens with two attached hydrogens (primary N) is 1. The van der Waals surface area contributed by atoms with E-state index in [1.807, 2.05) is 6.92 Å². The standard InChI is InChI=1S/C13H22N4O/c1-8-6-17(7-9(2)18-8)13-12(5-14)10(3)11(4)15-16-13/h8-9H,5-7,14H2,1-4H3/t8-,9+. The van der Waals surface area contributed by atoms with Crippen LogP contribution in [0.4, 0.5) is 5.82 Å². The van der Waals surface area contributed by atoms with Crippen LogP contribution in [0.2, 0.25) is 0 Å². The van der Waals surface area contributed by atoms with Crippen molar-refractivity contribution in [2.75, 3.05) is 18.0 Å². The topological polar surface area (TPSA) is 64.3 Å². The Balaban J connectivity index is 2.35. The van der Waals surface area contributed by atoms with Gasteiger partial charge in [0, 0.05) is 25.2 Å². The van der Waals surface area contributed by atoms with Crippen LogP contribution in [0.3, 0.4) is 0 Å². The summed E-state index contributed by atoms with van der Waals surface area (Å²) < 4.78 is 5.74. The van der Waals surface area contributed by atoms with Gasteiger partial charge < -0.3 is 15.4 Å². The van der Waals surface area contributed by atoms with E-state index in [0.29, 0.717) is 6.54 Å². The Hall–Kier alpha value is -1.20. The van der Waals surface area contributed by atoms with E-state index < -0.39 is 0 Å². The highest BCUT2D eigenvalue weighted by Gasteiger charge is 2.25. The molecule has 1 fully saturated rings. The van der Waals surface area contributed by atoms with Crippen LogP contribution in [0.5, 0.6) is 0 Å². The second-order valence-corrected chi connectivity index (χ2v) is 5.08. The lowest BCUT2D eigenvalue weighted by Crippen LogP contribution is -2.46. The molecule has 0 unspecified atom stereocenters. The summed E-state index contributed by atoms with van der Waals surface area (Å²) in [6, 6.07) is 0. The molecule has 1 aliphatic heterocycles. The Morgan fingerprint density at radius 2 is 1.83 bits per heavy atom. The van der Waals surface area contributed by atoms with Crippen LogP contribution in [0.15, 0.2) is 0 Å². The molecule has 1 aromatic rings. The molecular formula is C13H22N4O. The van der Waals surface area contributed by atoms with Gasteiger partial charge >= 0.3 is 0 Å². The van der Waals surface area contributed by atoms with Gasteiger partial charge in [-0.05, 0) is 33.3 Å². The van der Waals surface area contributed by atoms with Gasteiger partial charge in [0.25, 0.3) is 0 Å². The molecule has 1 aromatic heterocycles. The SMILES string of the molecule is Cc1nnc(N2C[C@@H](C)O[C@@H](C)C2)c(CN)c1C. The number of hydrogen-bond acceptors (Lipinski definition) is 5. The van der Waals surface area contributed by atoms with E-state index in [9.17, 15) is 0 Å². The highest BCUT2D eigenvalue weighted by atomic mass is 16.5. The van der Waals surface area contributed by atoms with Gasteiger partial charge in [-0.2, -0.15) is 5.10 Å². The highest BCUT2D eigenvalue weighted by molar-refractivity contribution is 5.51. The zero-order chi connectivity index (χ0) is 13.3. The molecule has 0 saturated carbocycles. The summed E-state index contributed by atoms with van der Waals surface area (Å²) in [6.45, 7) is 10.4. The number of rotatable bonds is 2. The molecule has 2 rings (SSSR count). The summed E-state index contributed by atoms with van der Waals surface area (Å²) >= 11 is 0. The average molecular weight is 250 g/mol. The van der Waals surface area contributed by atoms with Crippen LogP contribution in [0, 0.1) is 13.8 Å². The van der Waals surface area contributed by atoms with Crippen molar-refractivity contribution in [3.63, 3.8) is 0 Å². The number of ether oxygens (including phenoxy) is 1. The molecule has 1 aliphatic rings. The van der Waals surface area contributed by atoms with Gasteiger partial charge in [-0.3, -0.25) is 0 Å². The van der Waals surface area contributed by atoms with E-state index in [4.69, 9.17) is 10.5 Å². The van der Waals surface area contributed by atoms with E-state index >= 15 is 0 Å². The third kappa shape index (κ3) is 2.47. The second-order valence-electron chi connectivity index (χ2n) is 5.08. The Kier molecular flexibility index (Phi) is 3.82. The quantitative estimate of drug-likeness (QED) is 0.853. The normalized spacial score (nSPS) is 24.4. The Morgan fingerprint density at radius 3 is 2.39 bits per heavy atom. The van der Waals surface area contributed by atoms with Crippen LogP contribution >= 0.6 is 0 Å². The number of aryl methyl sites for hydroxylation is 1. The molecule has 2 heterocycles. The molecule has 18 heavy (non-hydrogen) atoms. The lowest BCUT2D eigenvalue weighted by Gasteiger charge is -2.36. The smallest absolute Gasteiger partial charge is 0.156 e. The third-order valence-electron chi connectivity index (χ3n) is 3.48. The number of anilines is 1. The maximum Gasteiger partial charge on any atom is 0.156 e. The molecule has 1 saturated heterocycles. The van der Waals surface area contributed by atoms with E-state index in [1.54, 1.807) is 0 Å². The second kappa shape index (κ2) is 5.20. The van der Waals surface area contributed by atoms with Crippen LogP contribution < -0.4 is 10.6 Å². The largest absolute Gasteiger partial charge is 0.372 e. The first kappa shape index (κ1) is 13.2. The fourth-order valence-corrected chi connectivity index (χ4v) is 2.49. The minimum atomic E-state index is 0.211. The predicted molar refractivity (Wildman–Crippen MR) is 71.6 cm³/mol. The Bertz CT molecular complexity index is 425. The molecule has 0 aliphatic carbocycles. The van der Waals surface area contributed by atoms with Gasteiger partial charge in [0.15, 0.2) is 5.82 Å². The maximum atomic E-state index is 5.87. The van der Waals surface area contributed by atoms with Crippen molar-refractivity contribution in [3.8, 4) is 0 Å². The summed E-state index contributed by atoms with van der Waals surface area (Å²) in [6.07, 6.45) is 0.422. The van der Waals surface area contributed by atoms with Crippen LogP contribution in [-0.4, -0.2) is 35.5 Å². The fourth-order valence-electron chi connectivity index (χ4n) is 2.49. The van der Waals surface area contributed by atoms with E-state index in [2.05, 4.69) is 35.9 Å². The van der Waals surface area contributed by atoms with Crippen LogP contribution in [-0.2, 0) is 11.3 Å². The molecule has 100 valence electrons. The minimum absolute atomic E-state index is 0.211. The fraction of sp³-hybridized carbons (Fsp3) is 0.692. The average Bonchev–Trinajstić information content (AvgIpc) is 2.31. The van der Waals surface area contributed by atoms with Gasteiger partial charge in [-0.15, -0.1) is 5.10 Å². The molecule has 0 bridgehead atoms. The zero-order valence-corrected chi connectivity index (χ0v) is 11.6. The molecule has 0 spiro atoms. The molecular weight excluding hydrogens is 228 g/mol. The van der Waals surface area contributed by atoms with Gasteiger partial charge in [0.05, 0.1) is 17.9 Å². The monoisotopic (exact) mass is 250 g/mol. The summed E-state index contributed by atoms with van der Waals surface area (Å²) in [4.78, 5) is 2.24. The first-order chi connectivity index (χ1) is 8.52. The molecule has 2 atom stereocenters. The zero-order valence-electron chi connectivity index (χ0n) is 11.6. The van der Waals surface area contributed by atoms with Crippen molar-refractivity contribution in [2.45, 2.75) is 46.4 Å². The lowest BCUT2D eigenvalue weighted by molar-refractivity contribution is -0.00556. The molecule has 0 aromatic carbocycles. The van der Waals surface area contributed by atoms with Crippen LogP contribution in [0.1, 0.15) is 30.7 Å². The number of hydrogen-bond donors (Lipinski definition) is 1. The van der Waals surface area contributed by atoms with Gasteiger partial charge in [0.2, 0.25) is 0 Å². The third-order valence-corrected chi connectivity index (χ3v) is 3.48. The summed E-state index contributed by atoms with van der Waals surface area (Å²) in [5, 5.41) is 8.57. The van der Waals surface area contributed by atoms with E-state index in [0.717, 1.165) is 35.7 Å². The van der Waals surface area contributed by atoms with E-state index in [1.165, 1.54) is 0 Å². The van der Waals surface area contributed by atoms with E-state index in [-0.39, 0.29) is 12.2 Å². The lowest BCUT2D eigenvalue weighted by atomic mass is 10.1. The summed E-state index contributed by atoms with van der Waals surface area (Å²) in [7, 11) is 0. The summed E-state index contributed by atoms with van der Waals surface area (Å²) in [5.41, 5.74) is 9.07. The molecule has 5 heteroatoms. The molecule has 0 amide bonds. The first-order valence-electron chi connectivity index (χ1n) is 6.46. The van der Waals surface area contributed by atoms with Crippen molar-refractivity contribution in [1.82, 2.24) is 10.2 Å². The number of nitrogens with zero attached hydrogens (tertiary/aromatic N) is 3. The molecule has 2 N–H and O–H groups in total. The van der Waals surface area contributed by atoms with Crippen molar-refractivity contribution in [3.05, 3.63) is 16.8 Å². The Morgan fingerprint density at radius 1 is 1.22 bits per heavy atom. The minimum Gasteiger partial charge on any atom is -0.372 e. The van der Waals surface area contributed by atoms with Gasteiger partial charge in [-0.1, -0.05) is 0 Å². The number of morpholine rings is 1. The van der Waals surface area contributed by atoms with Crippen LogP contribution in [0.25, 0.3) is 0 Å². The van der Waals surface area contributed by atoms with Crippen molar-refractivity contribution < 1.29 is 4.74 Å².